The standard InChI is InChI=1S/C26H29N3O3S/c1-25-12-18(17-4-2-3-5-19(17)32-25)21(23(31)29-25)22(30)28-24-27-20(13-33-24)26-9-14-6-15(10-26)8-16(7-14)11-26/h2-5,13-16,18,21H,6-12H2,1H3,(H,29,31)(H,27,28,30)/t14?,15?,16?,18?,21?,25-,26?/m1/s1. The zero-order valence-corrected chi connectivity index (χ0v) is 19.6. The molecule has 1 saturated heterocycles. The van der Waals surface area contributed by atoms with Crippen LogP contribution >= 0.6 is 11.3 Å². The predicted octanol–water partition coefficient (Wildman–Crippen LogP) is 4.58. The van der Waals surface area contributed by atoms with E-state index in [0.717, 1.165) is 29.1 Å². The van der Waals surface area contributed by atoms with E-state index in [4.69, 9.17) is 9.72 Å². The van der Waals surface area contributed by atoms with Crippen LogP contribution in [0.5, 0.6) is 5.75 Å². The van der Waals surface area contributed by atoms with Crippen molar-refractivity contribution in [1.82, 2.24) is 10.3 Å². The molecule has 33 heavy (non-hydrogen) atoms. The number of nitrogens with zero attached hydrogens (tertiary/aromatic N) is 1. The van der Waals surface area contributed by atoms with Gasteiger partial charge in [-0.2, -0.15) is 0 Å². The Kier molecular flexibility index (Phi) is 4.13. The van der Waals surface area contributed by atoms with Gasteiger partial charge in [0.15, 0.2) is 10.9 Å². The first-order valence-corrected chi connectivity index (χ1v) is 13.1. The summed E-state index contributed by atoms with van der Waals surface area (Å²) in [6.45, 7) is 1.88. The number of anilines is 1. The lowest BCUT2D eigenvalue weighted by Crippen LogP contribution is -2.62. The minimum Gasteiger partial charge on any atom is -0.468 e. The summed E-state index contributed by atoms with van der Waals surface area (Å²) in [6.07, 6.45) is 8.51. The molecule has 0 spiro atoms. The van der Waals surface area contributed by atoms with Crippen molar-refractivity contribution in [2.75, 3.05) is 5.32 Å². The third-order valence-electron chi connectivity index (χ3n) is 8.93. The molecule has 3 heterocycles. The summed E-state index contributed by atoms with van der Waals surface area (Å²) in [5.74, 6) is 1.74. The van der Waals surface area contributed by atoms with Crippen LogP contribution in [0.2, 0.25) is 0 Å². The van der Waals surface area contributed by atoms with Crippen molar-refractivity contribution in [2.45, 2.75) is 68.9 Å². The molecule has 6 aliphatic rings. The number of aromatic nitrogens is 1. The van der Waals surface area contributed by atoms with E-state index in [-0.39, 0.29) is 23.1 Å². The van der Waals surface area contributed by atoms with Gasteiger partial charge in [0.05, 0.1) is 5.69 Å². The van der Waals surface area contributed by atoms with Crippen molar-refractivity contribution in [3.63, 3.8) is 0 Å². The van der Waals surface area contributed by atoms with Crippen LogP contribution < -0.4 is 15.4 Å². The lowest BCUT2D eigenvalue weighted by atomic mass is 9.49. The molecule has 2 aliphatic heterocycles. The number of piperidine rings is 1. The van der Waals surface area contributed by atoms with Gasteiger partial charge in [0.2, 0.25) is 11.8 Å². The van der Waals surface area contributed by atoms with Crippen LogP contribution in [-0.4, -0.2) is 22.5 Å². The van der Waals surface area contributed by atoms with Crippen LogP contribution in [0.4, 0.5) is 5.13 Å². The third kappa shape index (κ3) is 3.07. The van der Waals surface area contributed by atoms with Gasteiger partial charge in [-0.3, -0.25) is 9.59 Å². The van der Waals surface area contributed by atoms with Gasteiger partial charge in [-0.25, -0.2) is 4.98 Å². The Hall–Kier alpha value is -2.41. The van der Waals surface area contributed by atoms with Crippen LogP contribution in [0.3, 0.4) is 0 Å². The number of nitrogens with one attached hydrogen (secondary N) is 2. The first kappa shape index (κ1) is 20.0. The Balaban J connectivity index is 1.14. The lowest BCUT2D eigenvalue weighted by molar-refractivity contribution is -0.145. The van der Waals surface area contributed by atoms with E-state index in [0.29, 0.717) is 11.6 Å². The molecule has 6 bridgehead atoms. The normalized spacial score (nSPS) is 40.0. The minimum atomic E-state index is -0.796. The highest BCUT2D eigenvalue weighted by atomic mass is 32.1. The fourth-order valence-corrected chi connectivity index (χ4v) is 8.91. The first-order valence-electron chi connectivity index (χ1n) is 12.3. The quantitative estimate of drug-likeness (QED) is 0.653. The van der Waals surface area contributed by atoms with E-state index >= 15 is 0 Å². The summed E-state index contributed by atoms with van der Waals surface area (Å²) >= 11 is 1.50. The van der Waals surface area contributed by atoms with E-state index < -0.39 is 11.6 Å². The average Bonchev–Trinajstić information content (AvgIpc) is 3.21. The van der Waals surface area contributed by atoms with Gasteiger partial charge in [-0.15, -0.1) is 11.3 Å². The van der Waals surface area contributed by atoms with E-state index in [1.165, 1.54) is 55.6 Å². The first-order chi connectivity index (χ1) is 15.9. The number of amides is 2. The van der Waals surface area contributed by atoms with Crippen molar-refractivity contribution in [3.05, 3.63) is 40.9 Å². The van der Waals surface area contributed by atoms with Crippen LogP contribution in [0, 0.1) is 23.7 Å². The number of para-hydroxylation sites is 1. The highest BCUT2D eigenvalue weighted by Crippen LogP contribution is 2.60. The molecule has 2 amide bonds. The zero-order chi connectivity index (χ0) is 22.4. The summed E-state index contributed by atoms with van der Waals surface area (Å²) in [6, 6.07) is 7.73. The van der Waals surface area contributed by atoms with E-state index in [2.05, 4.69) is 16.0 Å². The molecule has 1 aromatic heterocycles. The molecular weight excluding hydrogens is 434 g/mol. The molecule has 2 unspecified atom stereocenters. The van der Waals surface area contributed by atoms with E-state index in [1.807, 2.05) is 31.2 Å². The molecule has 6 nitrogen and oxygen atoms in total. The maximum Gasteiger partial charge on any atom is 0.239 e. The third-order valence-corrected chi connectivity index (χ3v) is 9.69. The molecule has 0 radical (unpaired) electrons. The van der Waals surface area contributed by atoms with Crippen molar-refractivity contribution in [3.8, 4) is 5.75 Å². The fraction of sp³-hybridized carbons (Fsp3) is 0.577. The number of ether oxygens (including phenoxy) is 1. The summed E-state index contributed by atoms with van der Waals surface area (Å²) in [5, 5.41) is 8.72. The highest BCUT2D eigenvalue weighted by molar-refractivity contribution is 7.14. The Labute approximate surface area is 197 Å². The molecule has 172 valence electrons. The van der Waals surface area contributed by atoms with Gasteiger partial charge in [0, 0.05) is 23.1 Å². The van der Waals surface area contributed by atoms with Crippen molar-refractivity contribution < 1.29 is 14.3 Å². The number of hydrogen-bond acceptors (Lipinski definition) is 5. The molecule has 4 saturated carbocycles. The smallest absolute Gasteiger partial charge is 0.239 e. The van der Waals surface area contributed by atoms with Crippen LogP contribution in [0.25, 0.3) is 0 Å². The second-order valence-electron chi connectivity index (χ2n) is 11.4. The summed E-state index contributed by atoms with van der Waals surface area (Å²) in [4.78, 5) is 31.4. The molecule has 8 rings (SSSR count). The van der Waals surface area contributed by atoms with Crippen molar-refractivity contribution in [1.29, 1.82) is 0 Å². The fourth-order valence-electron chi connectivity index (χ4n) is 8.07. The average molecular weight is 464 g/mol. The number of thiazole rings is 1. The van der Waals surface area contributed by atoms with Gasteiger partial charge < -0.3 is 15.4 Å². The largest absolute Gasteiger partial charge is 0.468 e. The Morgan fingerprint density at radius 2 is 1.82 bits per heavy atom. The number of hydrogen-bond donors (Lipinski definition) is 2. The minimum absolute atomic E-state index is 0.206. The van der Waals surface area contributed by atoms with Gasteiger partial charge in [-0.1, -0.05) is 18.2 Å². The molecule has 2 aromatic rings. The Morgan fingerprint density at radius 1 is 1.12 bits per heavy atom. The maximum atomic E-state index is 13.4. The van der Waals surface area contributed by atoms with Crippen molar-refractivity contribution in [2.24, 2.45) is 23.7 Å². The molecular formula is C26H29N3O3S. The molecule has 4 aliphatic carbocycles. The lowest BCUT2D eigenvalue weighted by Gasteiger charge is -2.56. The predicted molar refractivity (Wildman–Crippen MR) is 125 cm³/mol. The number of carbonyl (C=O) groups is 2. The van der Waals surface area contributed by atoms with Gasteiger partial charge in [0.25, 0.3) is 0 Å². The monoisotopic (exact) mass is 463 g/mol. The number of fused-ring (bicyclic) bond motifs is 4. The zero-order valence-electron chi connectivity index (χ0n) is 18.8. The molecule has 7 heteroatoms. The molecule has 3 atom stereocenters. The summed E-state index contributed by atoms with van der Waals surface area (Å²) in [7, 11) is 0. The number of benzene rings is 1. The summed E-state index contributed by atoms with van der Waals surface area (Å²) in [5.41, 5.74) is 1.52. The number of rotatable bonds is 3. The number of carbonyl (C=O) groups excluding carboxylic acids is 2. The second kappa shape index (κ2) is 6.81. The maximum absolute atomic E-state index is 13.4. The Morgan fingerprint density at radius 3 is 2.55 bits per heavy atom. The molecule has 1 aromatic carbocycles. The van der Waals surface area contributed by atoms with E-state index in [9.17, 15) is 9.59 Å². The topological polar surface area (TPSA) is 80.3 Å². The second-order valence-corrected chi connectivity index (χ2v) is 12.2. The molecule has 2 N–H and O–H groups in total. The van der Waals surface area contributed by atoms with Crippen LogP contribution in [0.15, 0.2) is 29.6 Å². The van der Waals surface area contributed by atoms with Crippen LogP contribution in [-0.2, 0) is 15.0 Å². The van der Waals surface area contributed by atoms with Gasteiger partial charge in [-0.05, 0) is 74.8 Å². The van der Waals surface area contributed by atoms with Crippen molar-refractivity contribution >= 4 is 28.3 Å². The van der Waals surface area contributed by atoms with E-state index in [1.54, 1.807) is 0 Å². The van der Waals surface area contributed by atoms with Crippen LogP contribution in [0.1, 0.15) is 69.0 Å². The highest BCUT2D eigenvalue weighted by Gasteiger charge is 2.53. The Bertz CT molecular complexity index is 1120. The molecule has 5 fully saturated rings. The summed E-state index contributed by atoms with van der Waals surface area (Å²) < 4.78 is 6.05. The van der Waals surface area contributed by atoms with Gasteiger partial charge in [0.1, 0.15) is 11.7 Å². The van der Waals surface area contributed by atoms with Gasteiger partial charge >= 0.3 is 0 Å². The SMILES string of the molecule is C[C@]12CC(c3ccccc3O1)C(C(=O)Nc1nc(C34CC5CC(CC(C5)C3)C4)cs1)C(=O)N2.